The molecule has 144 valence electrons. The monoisotopic (exact) mass is 387 g/mol. The lowest BCUT2D eigenvalue weighted by Gasteiger charge is -2.42. The van der Waals surface area contributed by atoms with E-state index in [-0.39, 0.29) is 5.25 Å². The third-order valence-corrected chi connectivity index (χ3v) is 10.0. The second-order valence-corrected chi connectivity index (χ2v) is 12.3. The van der Waals surface area contributed by atoms with Gasteiger partial charge in [-0.05, 0) is 56.6 Å². The number of hydrazine groups is 1. The van der Waals surface area contributed by atoms with Crippen molar-refractivity contribution in [3.8, 4) is 0 Å². The minimum Gasteiger partial charge on any atom is -0.313 e. The van der Waals surface area contributed by atoms with Crippen LogP contribution in [-0.2, 0) is 9.84 Å². The molecule has 0 bridgehead atoms. The van der Waals surface area contributed by atoms with E-state index in [1.165, 1.54) is 37.8 Å². The molecular formula is C18H33N3O2S2. The lowest BCUT2D eigenvalue weighted by atomic mass is 9.77. The van der Waals surface area contributed by atoms with E-state index < -0.39 is 9.84 Å². The number of rotatable bonds is 4. The van der Waals surface area contributed by atoms with Gasteiger partial charge in [-0.15, -0.1) is 0 Å². The van der Waals surface area contributed by atoms with E-state index in [1.54, 1.807) is 0 Å². The molecule has 4 unspecified atom stereocenters. The fraction of sp³-hybridized carbons (Fsp3) is 1.00. The van der Waals surface area contributed by atoms with Crippen LogP contribution in [-0.4, -0.2) is 67.7 Å². The zero-order valence-corrected chi connectivity index (χ0v) is 17.0. The Morgan fingerprint density at radius 2 is 1.88 bits per heavy atom. The van der Waals surface area contributed by atoms with Crippen molar-refractivity contribution in [3.63, 3.8) is 0 Å². The van der Waals surface area contributed by atoms with E-state index in [0.29, 0.717) is 18.0 Å². The van der Waals surface area contributed by atoms with Gasteiger partial charge in [-0.25, -0.2) is 13.4 Å². The summed E-state index contributed by atoms with van der Waals surface area (Å²) < 4.78 is 23.6. The lowest BCUT2D eigenvalue weighted by molar-refractivity contribution is 0.109. The summed E-state index contributed by atoms with van der Waals surface area (Å²) in [5.41, 5.74) is 3.68. The van der Waals surface area contributed by atoms with Crippen molar-refractivity contribution < 1.29 is 8.42 Å². The largest absolute Gasteiger partial charge is 0.313 e. The topological polar surface area (TPSA) is 61.4 Å². The molecule has 3 aliphatic heterocycles. The Kier molecular flexibility index (Phi) is 5.68. The quantitative estimate of drug-likeness (QED) is 0.765. The predicted molar refractivity (Wildman–Crippen MR) is 104 cm³/mol. The number of fused-ring (bicyclic) bond motifs is 1. The van der Waals surface area contributed by atoms with Crippen molar-refractivity contribution in [1.29, 1.82) is 0 Å². The maximum Gasteiger partial charge on any atom is 0.150 e. The molecule has 0 amide bonds. The Morgan fingerprint density at radius 1 is 1.08 bits per heavy atom. The highest BCUT2D eigenvalue weighted by atomic mass is 32.2. The molecule has 25 heavy (non-hydrogen) atoms. The molecule has 1 saturated carbocycles. The first-order chi connectivity index (χ1) is 12.0. The highest BCUT2D eigenvalue weighted by Crippen LogP contribution is 2.36. The van der Waals surface area contributed by atoms with Crippen LogP contribution in [0.15, 0.2) is 0 Å². The molecule has 0 aromatic carbocycles. The van der Waals surface area contributed by atoms with Crippen LogP contribution in [0.5, 0.6) is 0 Å². The Labute approximate surface area is 156 Å². The molecule has 2 N–H and O–H groups in total. The van der Waals surface area contributed by atoms with E-state index in [2.05, 4.69) is 27.5 Å². The van der Waals surface area contributed by atoms with Crippen LogP contribution in [0.25, 0.3) is 0 Å². The number of sulfone groups is 1. The minimum atomic E-state index is -2.86. The van der Waals surface area contributed by atoms with Gasteiger partial charge in [0.1, 0.15) is 9.84 Å². The Hall–Kier alpha value is 0.180. The van der Waals surface area contributed by atoms with Gasteiger partial charge in [0.25, 0.3) is 0 Å². The van der Waals surface area contributed by atoms with Crippen molar-refractivity contribution in [2.24, 2.45) is 11.8 Å². The van der Waals surface area contributed by atoms with Gasteiger partial charge in [-0.3, -0.25) is 5.43 Å². The maximum absolute atomic E-state index is 11.8. The van der Waals surface area contributed by atoms with Crippen LogP contribution in [0.1, 0.15) is 44.9 Å². The summed E-state index contributed by atoms with van der Waals surface area (Å²) in [6, 6.07) is 1.24. The van der Waals surface area contributed by atoms with Crippen molar-refractivity contribution in [2.75, 3.05) is 31.6 Å². The van der Waals surface area contributed by atoms with Gasteiger partial charge in [0.15, 0.2) is 0 Å². The number of nitrogens with zero attached hydrogens (tertiary/aromatic N) is 1. The number of hydrogen-bond acceptors (Lipinski definition) is 6. The first kappa shape index (κ1) is 18.5. The standard InChI is InChI=1S/C18H33N3O2S2/c1-25(22,23)16-6-4-13(5-7-16)17-9-18-14(10-19-17)11-20-21(18)12-15-3-2-8-24-15/h13-20H,2-12H2,1H3. The number of thioether (sulfide) groups is 1. The van der Waals surface area contributed by atoms with Gasteiger partial charge in [0, 0.05) is 49.1 Å². The Balaban J connectivity index is 1.32. The first-order valence-corrected chi connectivity index (χ1v) is 13.0. The van der Waals surface area contributed by atoms with Crippen LogP contribution >= 0.6 is 11.8 Å². The Bertz CT molecular complexity index is 557. The van der Waals surface area contributed by atoms with Gasteiger partial charge < -0.3 is 5.32 Å². The van der Waals surface area contributed by atoms with Crippen LogP contribution in [0, 0.1) is 11.8 Å². The van der Waals surface area contributed by atoms with Gasteiger partial charge >= 0.3 is 0 Å². The summed E-state index contributed by atoms with van der Waals surface area (Å²) >= 11 is 2.15. The number of hydrogen-bond donors (Lipinski definition) is 2. The van der Waals surface area contributed by atoms with Gasteiger partial charge in [-0.2, -0.15) is 11.8 Å². The zero-order valence-electron chi connectivity index (χ0n) is 15.3. The van der Waals surface area contributed by atoms with E-state index in [4.69, 9.17) is 0 Å². The summed E-state index contributed by atoms with van der Waals surface area (Å²) in [4.78, 5) is 0. The van der Waals surface area contributed by atoms with E-state index in [1.807, 2.05) is 0 Å². The summed E-state index contributed by atoms with van der Waals surface area (Å²) in [5, 5.41) is 7.08. The van der Waals surface area contributed by atoms with Crippen LogP contribution in [0.4, 0.5) is 0 Å². The molecule has 5 nitrogen and oxygen atoms in total. The van der Waals surface area contributed by atoms with Crippen LogP contribution < -0.4 is 10.7 Å². The zero-order chi connectivity index (χ0) is 17.4. The predicted octanol–water partition coefficient (Wildman–Crippen LogP) is 1.65. The molecule has 4 aliphatic rings. The fourth-order valence-electron chi connectivity index (χ4n) is 5.40. The first-order valence-electron chi connectivity index (χ1n) is 10.0. The van der Waals surface area contributed by atoms with E-state index in [0.717, 1.165) is 49.9 Å². The normalized spacial score (nSPS) is 43.2. The number of piperidine rings is 1. The highest BCUT2D eigenvalue weighted by Gasteiger charge is 2.42. The average molecular weight is 388 g/mol. The Morgan fingerprint density at radius 3 is 2.56 bits per heavy atom. The van der Waals surface area contributed by atoms with Crippen LogP contribution in [0.2, 0.25) is 0 Å². The highest BCUT2D eigenvalue weighted by molar-refractivity contribution is 8.00. The maximum atomic E-state index is 11.8. The number of nitrogens with one attached hydrogen (secondary N) is 2. The van der Waals surface area contributed by atoms with E-state index in [9.17, 15) is 8.42 Å². The molecule has 0 spiro atoms. The van der Waals surface area contributed by atoms with Crippen molar-refractivity contribution >= 4 is 21.6 Å². The molecule has 4 atom stereocenters. The molecule has 0 radical (unpaired) electrons. The summed E-state index contributed by atoms with van der Waals surface area (Å²) in [6.45, 7) is 3.42. The fourth-order valence-corrected chi connectivity index (χ4v) is 7.80. The average Bonchev–Trinajstić information content (AvgIpc) is 3.24. The van der Waals surface area contributed by atoms with Crippen molar-refractivity contribution in [3.05, 3.63) is 0 Å². The third kappa shape index (κ3) is 4.21. The molecule has 4 fully saturated rings. The molecule has 1 aliphatic carbocycles. The molecule has 0 aromatic rings. The minimum absolute atomic E-state index is 0.0934. The van der Waals surface area contributed by atoms with Gasteiger partial charge in [-0.1, -0.05) is 0 Å². The van der Waals surface area contributed by atoms with Gasteiger partial charge in [0.2, 0.25) is 0 Å². The smallest absolute Gasteiger partial charge is 0.150 e. The summed E-state index contributed by atoms with van der Waals surface area (Å²) in [7, 11) is -2.86. The summed E-state index contributed by atoms with van der Waals surface area (Å²) in [6.07, 6.45) is 9.24. The van der Waals surface area contributed by atoms with E-state index >= 15 is 0 Å². The lowest BCUT2D eigenvalue weighted by Crippen LogP contribution is -2.54. The molecule has 4 rings (SSSR count). The van der Waals surface area contributed by atoms with Crippen molar-refractivity contribution in [2.45, 2.75) is 67.5 Å². The third-order valence-electron chi connectivity index (χ3n) is 6.96. The van der Waals surface area contributed by atoms with Gasteiger partial charge in [0.05, 0.1) is 5.25 Å². The molecular weight excluding hydrogens is 354 g/mol. The molecule has 3 saturated heterocycles. The second kappa shape index (κ2) is 7.66. The molecule has 7 heteroatoms. The van der Waals surface area contributed by atoms with Crippen molar-refractivity contribution in [1.82, 2.24) is 15.8 Å². The molecule has 3 heterocycles. The molecule has 0 aromatic heterocycles. The second-order valence-electron chi connectivity index (χ2n) is 8.59. The SMILES string of the molecule is CS(=O)(=O)C1CCC(C2CC3C(CN2)CNN3CC2CCCS2)CC1. The summed E-state index contributed by atoms with van der Waals surface area (Å²) in [5.74, 6) is 2.72. The van der Waals surface area contributed by atoms with Crippen LogP contribution in [0.3, 0.4) is 0 Å².